The highest BCUT2D eigenvalue weighted by molar-refractivity contribution is 5.95. The third-order valence-electron chi connectivity index (χ3n) is 2.03. The number of nitriles is 2. The van der Waals surface area contributed by atoms with Gasteiger partial charge in [0.25, 0.3) is 5.91 Å². The Morgan fingerprint density at radius 2 is 2.00 bits per heavy atom. The lowest BCUT2D eigenvalue weighted by Crippen LogP contribution is -2.31. The zero-order chi connectivity index (χ0) is 12.8. The van der Waals surface area contributed by atoms with Gasteiger partial charge in [0.15, 0.2) is 0 Å². The Morgan fingerprint density at radius 1 is 1.41 bits per heavy atom. The summed E-state index contributed by atoms with van der Waals surface area (Å²) in [7, 11) is 0. The van der Waals surface area contributed by atoms with Gasteiger partial charge in [0.05, 0.1) is 12.1 Å². The van der Waals surface area contributed by atoms with Crippen molar-refractivity contribution in [1.82, 2.24) is 9.88 Å². The van der Waals surface area contributed by atoms with E-state index in [0.29, 0.717) is 11.3 Å². The molecule has 1 aromatic rings. The van der Waals surface area contributed by atoms with Crippen LogP contribution in [0.4, 0.5) is 5.82 Å². The number of aryl methyl sites for hydroxylation is 1. The molecule has 6 heteroatoms. The summed E-state index contributed by atoms with van der Waals surface area (Å²) in [6.45, 7) is 1.45. The highest BCUT2D eigenvalue weighted by Gasteiger charge is 2.16. The predicted octanol–water partition coefficient (Wildman–Crippen LogP) is 0.462. The van der Waals surface area contributed by atoms with Crippen LogP contribution >= 0.6 is 0 Å². The van der Waals surface area contributed by atoms with Crippen LogP contribution < -0.4 is 5.73 Å². The SMILES string of the molecule is Cc1cc(C(=O)N(CC#N)CC#N)cc(N)n1. The van der Waals surface area contributed by atoms with Crippen molar-refractivity contribution < 1.29 is 4.79 Å². The Balaban J connectivity index is 3.02. The molecule has 0 bridgehead atoms. The molecule has 1 aromatic heterocycles. The van der Waals surface area contributed by atoms with Crippen LogP contribution in [-0.4, -0.2) is 28.9 Å². The first-order valence-corrected chi connectivity index (χ1v) is 4.86. The standard InChI is InChI=1S/C11H11N5O/c1-8-6-9(7-10(14)15-8)11(17)16(4-2-12)5-3-13/h6-7H,4-5H2,1H3,(H2,14,15). The van der Waals surface area contributed by atoms with E-state index in [1.54, 1.807) is 13.0 Å². The van der Waals surface area contributed by atoms with E-state index in [4.69, 9.17) is 16.3 Å². The number of amides is 1. The summed E-state index contributed by atoms with van der Waals surface area (Å²) >= 11 is 0. The fourth-order valence-corrected chi connectivity index (χ4v) is 1.37. The second-order valence-corrected chi connectivity index (χ2v) is 3.40. The molecule has 0 radical (unpaired) electrons. The van der Waals surface area contributed by atoms with Crippen molar-refractivity contribution in [3.63, 3.8) is 0 Å². The van der Waals surface area contributed by atoms with Gasteiger partial charge in [0.1, 0.15) is 18.9 Å². The molecule has 0 aliphatic heterocycles. The molecule has 0 aromatic carbocycles. The number of carbonyl (C=O) groups is 1. The molecule has 0 unspecified atom stereocenters. The molecule has 0 fully saturated rings. The van der Waals surface area contributed by atoms with E-state index in [1.807, 2.05) is 12.1 Å². The van der Waals surface area contributed by atoms with Crippen LogP contribution in [0.25, 0.3) is 0 Å². The second-order valence-electron chi connectivity index (χ2n) is 3.40. The van der Waals surface area contributed by atoms with Crippen molar-refractivity contribution in [3.05, 3.63) is 23.4 Å². The first-order chi connectivity index (χ1) is 8.08. The van der Waals surface area contributed by atoms with Gasteiger partial charge in [-0.05, 0) is 19.1 Å². The lowest BCUT2D eigenvalue weighted by Gasteiger charge is -2.16. The van der Waals surface area contributed by atoms with Gasteiger partial charge in [-0.15, -0.1) is 0 Å². The highest BCUT2D eigenvalue weighted by Crippen LogP contribution is 2.10. The first-order valence-electron chi connectivity index (χ1n) is 4.86. The molecule has 0 aliphatic rings. The molecule has 1 amide bonds. The number of rotatable bonds is 3. The van der Waals surface area contributed by atoms with Crippen molar-refractivity contribution in [1.29, 1.82) is 10.5 Å². The molecule has 2 N–H and O–H groups in total. The van der Waals surface area contributed by atoms with E-state index in [1.165, 1.54) is 6.07 Å². The topological polar surface area (TPSA) is 107 Å². The fourth-order valence-electron chi connectivity index (χ4n) is 1.37. The quantitative estimate of drug-likeness (QED) is 0.757. The average molecular weight is 229 g/mol. The Bertz CT molecular complexity index is 475. The third-order valence-corrected chi connectivity index (χ3v) is 2.03. The van der Waals surface area contributed by atoms with Crippen molar-refractivity contribution >= 4 is 11.7 Å². The van der Waals surface area contributed by atoms with Gasteiger partial charge >= 0.3 is 0 Å². The fraction of sp³-hybridized carbons (Fsp3) is 0.273. The molecule has 1 heterocycles. The summed E-state index contributed by atoms with van der Waals surface area (Å²) in [6, 6.07) is 6.68. The number of nitrogen functional groups attached to an aromatic ring is 1. The van der Waals surface area contributed by atoms with Gasteiger partial charge in [-0.3, -0.25) is 4.79 Å². The minimum Gasteiger partial charge on any atom is -0.384 e. The van der Waals surface area contributed by atoms with E-state index in [2.05, 4.69) is 4.98 Å². The first kappa shape index (κ1) is 12.5. The third kappa shape index (κ3) is 3.18. The molecular formula is C11H11N5O. The summed E-state index contributed by atoms with van der Waals surface area (Å²) in [4.78, 5) is 17.1. The normalized spacial score (nSPS) is 9.12. The monoisotopic (exact) mass is 229 g/mol. The molecule has 6 nitrogen and oxygen atoms in total. The highest BCUT2D eigenvalue weighted by atomic mass is 16.2. The van der Waals surface area contributed by atoms with Crippen LogP contribution in [0, 0.1) is 29.6 Å². The maximum absolute atomic E-state index is 12.0. The molecule has 0 spiro atoms. The number of pyridine rings is 1. The lowest BCUT2D eigenvalue weighted by atomic mass is 10.2. The zero-order valence-electron chi connectivity index (χ0n) is 9.34. The van der Waals surface area contributed by atoms with Crippen LogP contribution in [-0.2, 0) is 0 Å². The van der Waals surface area contributed by atoms with Crippen molar-refractivity contribution in [2.45, 2.75) is 6.92 Å². The molecular weight excluding hydrogens is 218 g/mol. The van der Waals surface area contributed by atoms with E-state index in [-0.39, 0.29) is 18.9 Å². The molecule has 0 saturated carbocycles. The Morgan fingerprint density at radius 3 is 2.47 bits per heavy atom. The predicted molar refractivity (Wildman–Crippen MR) is 60.5 cm³/mol. The molecule has 0 atom stereocenters. The van der Waals surface area contributed by atoms with Crippen LogP contribution in [0.2, 0.25) is 0 Å². The molecule has 0 aliphatic carbocycles. The second kappa shape index (κ2) is 5.47. The molecule has 0 saturated heterocycles. The van der Waals surface area contributed by atoms with E-state index < -0.39 is 5.91 Å². The number of hydrogen-bond acceptors (Lipinski definition) is 5. The summed E-state index contributed by atoms with van der Waals surface area (Å²) in [5, 5.41) is 17.2. The van der Waals surface area contributed by atoms with Gasteiger partial charge in [0, 0.05) is 11.3 Å². The minimum atomic E-state index is -0.398. The molecule has 86 valence electrons. The smallest absolute Gasteiger partial charge is 0.255 e. The number of carbonyl (C=O) groups excluding carboxylic acids is 1. The largest absolute Gasteiger partial charge is 0.384 e. The van der Waals surface area contributed by atoms with Crippen molar-refractivity contribution in [2.24, 2.45) is 0 Å². The molecule has 1 rings (SSSR count). The number of aromatic nitrogens is 1. The Hall–Kier alpha value is -2.60. The summed E-state index contributed by atoms with van der Waals surface area (Å²) in [5.74, 6) is -0.160. The van der Waals surface area contributed by atoms with Crippen LogP contribution in [0.1, 0.15) is 16.1 Å². The zero-order valence-corrected chi connectivity index (χ0v) is 9.34. The summed E-state index contributed by atoms with van der Waals surface area (Å²) < 4.78 is 0. The lowest BCUT2D eigenvalue weighted by molar-refractivity contribution is 0.0794. The molecule has 17 heavy (non-hydrogen) atoms. The Labute approximate surface area is 98.9 Å². The van der Waals surface area contributed by atoms with E-state index in [0.717, 1.165) is 4.90 Å². The van der Waals surface area contributed by atoms with Crippen molar-refractivity contribution in [3.8, 4) is 12.1 Å². The number of anilines is 1. The minimum absolute atomic E-state index is 0.131. The summed E-state index contributed by atoms with van der Waals surface area (Å²) in [6.07, 6.45) is 0. The number of nitrogens with two attached hydrogens (primary N) is 1. The van der Waals surface area contributed by atoms with E-state index in [9.17, 15) is 4.79 Å². The van der Waals surface area contributed by atoms with Gasteiger partial charge in [-0.1, -0.05) is 0 Å². The Kier molecular flexibility index (Phi) is 4.02. The average Bonchev–Trinajstić information content (AvgIpc) is 2.26. The van der Waals surface area contributed by atoms with Crippen LogP contribution in [0.5, 0.6) is 0 Å². The summed E-state index contributed by atoms with van der Waals surface area (Å²) in [5.41, 5.74) is 6.48. The van der Waals surface area contributed by atoms with Crippen molar-refractivity contribution in [2.75, 3.05) is 18.8 Å². The van der Waals surface area contributed by atoms with Gasteiger partial charge in [0.2, 0.25) is 0 Å². The van der Waals surface area contributed by atoms with Gasteiger partial charge in [-0.2, -0.15) is 10.5 Å². The van der Waals surface area contributed by atoms with Gasteiger partial charge in [-0.25, -0.2) is 4.98 Å². The van der Waals surface area contributed by atoms with Crippen LogP contribution in [0.3, 0.4) is 0 Å². The maximum Gasteiger partial charge on any atom is 0.255 e. The number of nitrogens with zero attached hydrogens (tertiary/aromatic N) is 4. The number of hydrogen-bond donors (Lipinski definition) is 1. The van der Waals surface area contributed by atoms with Gasteiger partial charge < -0.3 is 10.6 Å². The van der Waals surface area contributed by atoms with Crippen LogP contribution in [0.15, 0.2) is 12.1 Å². The van der Waals surface area contributed by atoms with E-state index >= 15 is 0 Å². The maximum atomic E-state index is 12.0.